The number of thioether (sulfide) groups is 1. The fourth-order valence-corrected chi connectivity index (χ4v) is 3.28. The fraction of sp³-hybridized carbons (Fsp3) is 0.750. The van der Waals surface area contributed by atoms with Gasteiger partial charge in [0.15, 0.2) is 0 Å². The van der Waals surface area contributed by atoms with Crippen LogP contribution < -0.4 is 16.4 Å². The third-order valence-electron chi connectivity index (χ3n) is 4.40. The first-order chi connectivity index (χ1) is 13.3. The lowest BCUT2D eigenvalue weighted by Gasteiger charge is -2.28. The van der Waals surface area contributed by atoms with E-state index in [0.29, 0.717) is 18.6 Å². The molecular weight excluding hydrogens is 392 g/mol. The van der Waals surface area contributed by atoms with E-state index < -0.39 is 61.1 Å². The third-order valence-corrected chi connectivity index (χ3v) is 5.04. The second-order valence-corrected chi connectivity index (χ2v) is 7.39. The average Bonchev–Trinajstić information content (AvgIpc) is 3.17. The van der Waals surface area contributed by atoms with E-state index in [4.69, 9.17) is 10.8 Å². The van der Waals surface area contributed by atoms with Gasteiger partial charge in [0.25, 0.3) is 0 Å². The van der Waals surface area contributed by atoms with Crippen LogP contribution in [0.2, 0.25) is 0 Å². The number of nitrogens with zero attached hydrogens (tertiary/aromatic N) is 1. The number of amides is 3. The predicted molar refractivity (Wildman–Crippen MR) is 101 cm³/mol. The van der Waals surface area contributed by atoms with Crippen LogP contribution in [0.3, 0.4) is 0 Å². The van der Waals surface area contributed by atoms with E-state index in [2.05, 4.69) is 10.6 Å². The molecule has 7 N–H and O–H groups in total. The maximum atomic E-state index is 12.6. The van der Waals surface area contributed by atoms with E-state index in [-0.39, 0.29) is 13.0 Å². The number of carboxylic acids is 1. The van der Waals surface area contributed by atoms with Gasteiger partial charge in [0, 0.05) is 6.54 Å². The van der Waals surface area contributed by atoms with Crippen molar-refractivity contribution in [3.63, 3.8) is 0 Å². The topological polar surface area (TPSA) is 182 Å². The third kappa shape index (κ3) is 6.62. The molecule has 0 bridgehead atoms. The summed E-state index contributed by atoms with van der Waals surface area (Å²) in [4.78, 5) is 49.4. The number of aliphatic carboxylic acids is 1. The Morgan fingerprint density at radius 3 is 2.32 bits per heavy atom. The highest BCUT2D eigenvalue weighted by atomic mass is 32.2. The highest BCUT2D eigenvalue weighted by Gasteiger charge is 2.38. The first kappa shape index (κ1) is 24.1. The van der Waals surface area contributed by atoms with Crippen LogP contribution in [-0.4, -0.2) is 99.8 Å². The van der Waals surface area contributed by atoms with Gasteiger partial charge in [-0.2, -0.15) is 11.8 Å². The molecule has 1 heterocycles. The Morgan fingerprint density at radius 2 is 1.79 bits per heavy atom. The maximum absolute atomic E-state index is 12.6. The van der Waals surface area contributed by atoms with Gasteiger partial charge in [-0.1, -0.05) is 0 Å². The number of rotatable bonds is 11. The second-order valence-electron chi connectivity index (χ2n) is 6.40. The molecule has 0 aromatic rings. The zero-order valence-corrected chi connectivity index (χ0v) is 16.5. The molecule has 4 unspecified atom stereocenters. The molecule has 1 aliphatic rings. The quantitative estimate of drug-likeness (QED) is 0.204. The van der Waals surface area contributed by atoms with Crippen molar-refractivity contribution in [2.45, 2.75) is 43.4 Å². The minimum Gasteiger partial charge on any atom is -0.480 e. The molecule has 0 radical (unpaired) electrons. The van der Waals surface area contributed by atoms with Crippen molar-refractivity contribution in [3.05, 3.63) is 0 Å². The van der Waals surface area contributed by atoms with Gasteiger partial charge >= 0.3 is 5.97 Å². The van der Waals surface area contributed by atoms with Gasteiger partial charge in [0.1, 0.15) is 24.2 Å². The van der Waals surface area contributed by atoms with E-state index >= 15 is 0 Å². The zero-order valence-electron chi connectivity index (χ0n) is 15.7. The van der Waals surface area contributed by atoms with Gasteiger partial charge < -0.3 is 36.6 Å². The zero-order chi connectivity index (χ0) is 21.3. The van der Waals surface area contributed by atoms with E-state index in [9.17, 15) is 29.4 Å². The summed E-state index contributed by atoms with van der Waals surface area (Å²) in [7, 11) is 0. The number of aliphatic hydroxyl groups is 2. The Hall–Kier alpha value is -1.89. The summed E-state index contributed by atoms with van der Waals surface area (Å²) >= 11 is 1.44. The van der Waals surface area contributed by atoms with Crippen molar-refractivity contribution in [3.8, 4) is 0 Å². The normalized spacial score (nSPS) is 19.6. The van der Waals surface area contributed by atoms with E-state index in [0.717, 1.165) is 4.90 Å². The van der Waals surface area contributed by atoms with Crippen molar-refractivity contribution in [2.24, 2.45) is 5.73 Å². The molecule has 28 heavy (non-hydrogen) atoms. The van der Waals surface area contributed by atoms with Crippen LogP contribution in [0.25, 0.3) is 0 Å². The van der Waals surface area contributed by atoms with Gasteiger partial charge in [-0.3, -0.25) is 14.4 Å². The van der Waals surface area contributed by atoms with Crippen molar-refractivity contribution in [1.29, 1.82) is 0 Å². The molecule has 0 spiro atoms. The first-order valence-electron chi connectivity index (χ1n) is 8.87. The molecule has 1 aliphatic heterocycles. The highest BCUT2D eigenvalue weighted by molar-refractivity contribution is 7.98. The summed E-state index contributed by atoms with van der Waals surface area (Å²) in [6.07, 6.45) is 2.87. The lowest BCUT2D eigenvalue weighted by molar-refractivity contribution is -0.150. The number of carboxylic acid groups (broad SMARTS) is 1. The first-order valence-corrected chi connectivity index (χ1v) is 10.3. The SMILES string of the molecule is CSCCC(NC(=O)C(N)CO)C(=O)NC(CO)C(=O)N1CCCC1C(=O)O. The molecule has 0 aromatic carbocycles. The molecule has 0 saturated carbocycles. The van der Waals surface area contributed by atoms with Gasteiger partial charge in [0.05, 0.1) is 13.2 Å². The minimum atomic E-state index is -1.33. The minimum absolute atomic E-state index is 0.222. The predicted octanol–water partition coefficient (Wildman–Crippen LogP) is -2.90. The molecule has 1 saturated heterocycles. The second kappa shape index (κ2) is 11.8. The van der Waals surface area contributed by atoms with Gasteiger partial charge in [-0.05, 0) is 31.3 Å². The van der Waals surface area contributed by atoms with Crippen LogP contribution in [0.1, 0.15) is 19.3 Å². The molecule has 1 rings (SSSR count). The molecule has 0 aliphatic carbocycles. The van der Waals surface area contributed by atoms with Crippen LogP contribution >= 0.6 is 11.8 Å². The van der Waals surface area contributed by atoms with Crippen LogP contribution in [0.4, 0.5) is 0 Å². The van der Waals surface area contributed by atoms with Gasteiger partial charge in [-0.15, -0.1) is 0 Å². The number of hydrogen-bond acceptors (Lipinski definition) is 8. The van der Waals surface area contributed by atoms with Crippen molar-refractivity contribution < 1.29 is 34.5 Å². The van der Waals surface area contributed by atoms with E-state index in [1.54, 1.807) is 0 Å². The molecule has 3 amide bonds. The molecular formula is C16H28N4O7S. The van der Waals surface area contributed by atoms with Crippen molar-refractivity contribution in [2.75, 3.05) is 31.8 Å². The molecule has 160 valence electrons. The summed E-state index contributed by atoms with van der Waals surface area (Å²) in [5.41, 5.74) is 5.44. The number of likely N-dealkylation sites (tertiary alicyclic amines) is 1. The van der Waals surface area contributed by atoms with E-state index in [1.807, 2.05) is 6.26 Å². The lowest BCUT2D eigenvalue weighted by atomic mass is 10.1. The number of nitrogens with two attached hydrogens (primary N) is 1. The standard InChI is InChI=1S/C16H28N4O7S/c1-28-6-4-10(18-13(23)9(17)7-21)14(24)19-11(8-22)15(25)20-5-2-3-12(20)16(26)27/h9-12,21-22H,2-8,17H2,1H3,(H,18,23)(H,19,24)(H,26,27). The largest absolute Gasteiger partial charge is 0.480 e. The number of carbonyl (C=O) groups is 4. The monoisotopic (exact) mass is 420 g/mol. The lowest BCUT2D eigenvalue weighted by Crippen LogP contribution is -2.58. The van der Waals surface area contributed by atoms with Crippen LogP contribution in [0.5, 0.6) is 0 Å². The van der Waals surface area contributed by atoms with Gasteiger partial charge in [0.2, 0.25) is 17.7 Å². The molecule has 4 atom stereocenters. The Labute approximate surface area is 167 Å². The van der Waals surface area contributed by atoms with Crippen LogP contribution in [0.15, 0.2) is 0 Å². The van der Waals surface area contributed by atoms with Crippen LogP contribution in [0, 0.1) is 0 Å². The number of carbonyl (C=O) groups excluding carboxylic acids is 3. The van der Waals surface area contributed by atoms with E-state index in [1.165, 1.54) is 11.8 Å². The fourth-order valence-electron chi connectivity index (χ4n) is 2.81. The van der Waals surface area contributed by atoms with Crippen molar-refractivity contribution >= 4 is 35.5 Å². The highest BCUT2D eigenvalue weighted by Crippen LogP contribution is 2.18. The Morgan fingerprint density at radius 1 is 1.14 bits per heavy atom. The molecule has 12 heteroatoms. The summed E-state index contributed by atoms with van der Waals surface area (Å²) in [6, 6.07) is -4.53. The smallest absolute Gasteiger partial charge is 0.326 e. The Bertz CT molecular complexity index is 577. The summed E-state index contributed by atoms with van der Waals surface area (Å²) in [5, 5.41) is 32.5. The Balaban J connectivity index is 2.82. The number of nitrogens with one attached hydrogen (secondary N) is 2. The number of aliphatic hydroxyl groups excluding tert-OH is 2. The maximum Gasteiger partial charge on any atom is 0.326 e. The summed E-state index contributed by atoms with van der Waals surface area (Å²) in [6.45, 7) is -1.08. The van der Waals surface area contributed by atoms with Crippen LogP contribution in [-0.2, 0) is 19.2 Å². The average molecular weight is 420 g/mol. The molecule has 1 fully saturated rings. The van der Waals surface area contributed by atoms with Gasteiger partial charge in [-0.25, -0.2) is 4.79 Å². The molecule has 0 aromatic heterocycles. The molecule has 11 nitrogen and oxygen atoms in total. The summed E-state index contributed by atoms with van der Waals surface area (Å²) in [5.74, 6) is -2.73. The van der Waals surface area contributed by atoms with Crippen molar-refractivity contribution in [1.82, 2.24) is 15.5 Å². The Kier molecular flexibility index (Phi) is 10.2. The number of hydrogen-bond donors (Lipinski definition) is 6. The summed E-state index contributed by atoms with van der Waals surface area (Å²) < 4.78 is 0.